The first-order valence-corrected chi connectivity index (χ1v) is 8.63. The van der Waals surface area contributed by atoms with E-state index in [9.17, 15) is 0 Å². The summed E-state index contributed by atoms with van der Waals surface area (Å²) >= 11 is 0. The van der Waals surface area contributed by atoms with Gasteiger partial charge in [0.1, 0.15) is 0 Å². The van der Waals surface area contributed by atoms with Gasteiger partial charge < -0.3 is 0 Å². The topological polar surface area (TPSA) is 35.6 Å². The van der Waals surface area contributed by atoms with Crippen LogP contribution in [0.1, 0.15) is 22.8 Å². The van der Waals surface area contributed by atoms with Crippen LogP contribution in [-0.2, 0) is 20.1 Å². The average molecular weight is 536 g/mol. The van der Waals surface area contributed by atoms with Gasteiger partial charge in [0.2, 0.25) is 0 Å². The molecule has 2 heterocycles. The van der Waals surface area contributed by atoms with Crippen molar-refractivity contribution in [1.29, 1.82) is 0 Å². The molecule has 0 N–H and O–H groups in total. The summed E-state index contributed by atoms with van der Waals surface area (Å²) in [6, 6.07) is 25.3. The summed E-state index contributed by atoms with van der Waals surface area (Å²) in [6.45, 7) is 8.10. The molecule has 0 fully saturated rings. The predicted octanol–water partition coefficient (Wildman–Crippen LogP) is 4.78. The third-order valence-corrected chi connectivity index (χ3v) is 3.94. The van der Waals surface area contributed by atoms with E-state index in [1.54, 1.807) is 0 Å². The number of rotatable bonds is 2. The summed E-state index contributed by atoms with van der Waals surface area (Å²) in [7, 11) is 0. The summed E-state index contributed by atoms with van der Waals surface area (Å²) in [6.07, 6.45) is 0. The van der Waals surface area contributed by atoms with Gasteiger partial charge in [-0.05, 0) is 57.6 Å². The summed E-state index contributed by atoms with van der Waals surface area (Å²) in [4.78, 5) is 0. The van der Waals surface area contributed by atoms with Gasteiger partial charge in [-0.2, -0.15) is 34.5 Å². The molecule has 0 atom stereocenters. The standard InChI is InChI=1S/C11H12N2.C11H11N2.Ir/c2*1-9-8-10(2)13(12-9)11-6-4-3-5-7-11;/h3-8H,1-2H3;3-6,8H,1-2H3;/q;-1;. The van der Waals surface area contributed by atoms with E-state index >= 15 is 0 Å². The molecule has 1 radical (unpaired) electrons. The van der Waals surface area contributed by atoms with E-state index in [1.165, 1.54) is 5.69 Å². The SMILES string of the molecule is Cc1cc(C)n(-c2[c-]cccc2)n1.Cc1cc(C)n(-c2ccccc2)n1.[Ir]. The van der Waals surface area contributed by atoms with Crippen molar-refractivity contribution in [1.82, 2.24) is 19.6 Å². The minimum absolute atomic E-state index is 0. The quantitative estimate of drug-likeness (QED) is 0.347. The molecule has 0 spiro atoms. The van der Waals surface area contributed by atoms with Crippen molar-refractivity contribution in [3.8, 4) is 11.4 Å². The van der Waals surface area contributed by atoms with Crippen molar-refractivity contribution in [3.63, 3.8) is 0 Å². The van der Waals surface area contributed by atoms with Gasteiger partial charge in [0.25, 0.3) is 0 Å². The monoisotopic (exact) mass is 536 g/mol. The molecule has 27 heavy (non-hydrogen) atoms. The van der Waals surface area contributed by atoms with Crippen LogP contribution in [0.5, 0.6) is 0 Å². The maximum absolute atomic E-state index is 4.40. The molecule has 141 valence electrons. The first-order valence-electron chi connectivity index (χ1n) is 8.63. The van der Waals surface area contributed by atoms with Crippen molar-refractivity contribution < 1.29 is 20.1 Å². The second-order valence-electron chi connectivity index (χ2n) is 6.26. The van der Waals surface area contributed by atoms with Crippen molar-refractivity contribution in [2.75, 3.05) is 0 Å². The van der Waals surface area contributed by atoms with Crippen molar-refractivity contribution in [3.05, 3.63) is 95.6 Å². The molecular formula is C22H23IrN4-. The molecule has 0 saturated heterocycles. The Labute approximate surface area is 174 Å². The third-order valence-electron chi connectivity index (χ3n) is 3.94. The van der Waals surface area contributed by atoms with E-state index in [1.807, 2.05) is 72.6 Å². The molecule has 0 amide bonds. The zero-order valence-corrected chi connectivity index (χ0v) is 18.4. The zero-order chi connectivity index (χ0) is 18.5. The van der Waals surface area contributed by atoms with Crippen LogP contribution in [-0.4, -0.2) is 19.6 Å². The first-order chi connectivity index (χ1) is 12.5. The zero-order valence-electron chi connectivity index (χ0n) is 16.0. The molecule has 5 heteroatoms. The van der Waals surface area contributed by atoms with E-state index < -0.39 is 0 Å². The van der Waals surface area contributed by atoms with E-state index in [4.69, 9.17) is 0 Å². The number of para-hydroxylation sites is 2. The third kappa shape index (κ3) is 5.25. The maximum atomic E-state index is 4.40. The maximum Gasteiger partial charge on any atom is 0.0648 e. The average Bonchev–Trinajstić information content (AvgIpc) is 3.17. The van der Waals surface area contributed by atoms with Crippen LogP contribution in [0, 0.1) is 33.8 Å². The molecule has 4 rings (SSSR count). The normalized spacial score (nSPS) is 9.93. The fourth-order valence-corrected chi connectivity index (χ4v) is 2.85. The number of hydrogen-bond acceptors (Lipinski definition) is 2. The van der Waals surface area contributed by atoms with Gasteiger partial charge in [-0.25, -0.2) is 4.68 Å². The van der Waals surface area contributed by atoms with Crippen LogP contribution < -0.4 is 0 Å². The Kier molecular flexibility index (Phi) is 7.28. The first kappa shape index (κ1) is 20.8. The summed E-state index contributed by atoms with van der Waals surface area (Å²) in [5, 5.41) is 8.76. The Hall–Kier alpha value is -2.49. The molecule has 0 aliphatic heterocycles. The fourth-order valence-electron chi connectivity index (χ4n) is 2.85. The van der Waals surface area contributed by atoms with Crippen LogP contribution in [0.25, 0.3) is 11.4 Å². The second kappa shape index (κ2) is 9.45. The molecule has 2 aromatic heterocycles. The van der Waals surface area contributed by atoms with Gasteiger partial charge in [0, 0.05) is 31.5 Å². The Morgan fingerprint density at radius 3 is 1.74 bits per heavy atom. The number of aryl methyl sites for hydroxylation is 4. The smallest absolute Gasteiger partial charge is 0.0648 e. The number of aromatic nitrogens is 4. The second-order valence-corrected chi connectivity index (χ2v) is 6.26. The Morgan fingerprint density at radius 2 is 1.26 bits per heavy atom. The van der Waals surface area contributed by atoms with Crippen LogP contribution in [0.15, 0.2) is 66.7 Å². The van der Waals surface area contributed by atoms with Crippen LogP contribution in [0.2, 0.25) is 0 Å². The molecule has 0 unspecified atom stereocenters. The molecule has 0 aliphatic rings. The van der Waals surface area contributed by atoms with E-state index in [-0.39, 0.29) is 20.1 Å². The number of hydrogen-bond donors (Lipinski definition) is 0. The van der Waals surface area contributed by atoms with Crippen LogP contribution in [0.4, 0.5) is 0 Å². The van der Waals surface area contributed by atoms with Crippen molar-refractivity contribution >= 4 is 0 Å². The molecule has 0 saturated carbocycles. The van der Waals surface area contributed by atoms with E-state index in [2.05, 4.69) is 47.5 Å². The number of nitrogens with zero attached hydrogens (tertiary/aromatic N) is 4. The van der Waals surface area contributed by atoms with Gasteiger partial charge in [0.05, 0.1) is 17.1 Å². The molecule has 0 bridgehead atoms. The summed E-state index contributed by atoms with van der Waals surface area (Å²) < 4.78 is 3.85. The Morgan fingerprint density at radius 1 is 0.704 bits per heavy atom. The van der Waals surface area contributed by atoms with Gasteiger partial charge in [0.15, 0.2) is 0 Å². The molecular weight excluding hydrogens is 512 g/mol. The van der Waals surface area contributed by atoms with E-state index in [0.29, 0.717) is 0 Å². The van der Waals surface area contributed by atoms with Gasteiger partial charge >= 0.3 is 0 Å². The Balaban J connectivity index is 0.000000187. The molecule has 0 aliphatic carbocycles. The van der Waals surface area contributed by atoms with Crippen LogP contribution in [0.3, 0.4) is 0 Å². The van der Waals surface area contributed by atoms with Crippen LogP contribution >= 0.6 is 0 Å². The predicted molar refractivity (Wildman–Crippen MR) is 105 cm³/mol. The van der Waals surface area contributed by atoms with E-state index in [0.717, 1.165) is 28.5 Å². The molecule has 2 aromatic carbocycles. The number of benzene rings is 2. The largest absolute Gasteiger partial charge is 0.263 e. The van der Waals surface area contributed by atoms with Gasteiger partial charge in [-0.3, -0.25) is 4.68 Å². The van der Waals surface area contributed by atoms with Crippen molar-refractivity contribution in [2.45, 2.75) is 27.7 Å². The minimum Gasteiger partial charge on any atom is -0.263 e. The fraction of sp³-hybridized carbons (Fsp3) is 0.182. The van der Waals surface area contributed by atoms with Gasteiger partial charge in [-0.1, -0.05) is 18.2 Å². The Bertz CT molecular complexity index is 890. The summed E-state index contributed by atoms with van der Waals surface area (Å²) in [5.74, 6) is 0. The van der Waals surface area contributed by atoms with Gasteiger partial charge in [-0.15, -0.1) is 6.07 Å². The molecule has 4 aromatic rings. The molecule has 4 nitrogen and oxygen atoms in total. The van der Waals surface area contributed by atoms with Crippen molar-refractivity contribution in [2.24, 2.45) is 0 Å². The minimum atomic E-state index is 0. The summed E-state index contributed by atoms with van der Waals surface area (Å²) in [5.41, 5.74) is 6.51.